The maximum absolute atomic E-state index is 12.2. The molecule has 9 heteroatoms. The van der Waals surface area contributed by atoms with Crippen molar-refractivity contribution in [3.8, 4) is 5.75 Å². The number of nitrogens with one attached hydrogen (secondary N) is 1. The highest BCUT2D eigenvalue weighted by Gasteiger charge is 2.17. The largest absolute Gasteiger partial charge is 0.483 e. The van der Waals surface area contributed by atoms with E-state index in [1.54, 1.807) is 47.4 Å². The normalized spacial score (nSPS) is 14.1. The fraction of sp³-hybridized carbons (Fsp3) is 0.250. The van der Waals surface area contributed by atoms with Crippen LogP contribution in [0.25, 0.3) is 0 Å². The summed E-state index contributed by atoms with van der Waals surface area (Å²) in [5, 5.41) is 4.51. The molecule has 0 spiro atoms. The minimum atomic E-state index is -0.335. The monoisotopic (exact) mass is 479 g/mol. The lowest BCUT2D eigenvalue weighted by atomic mass is 10.2. The van der Waals surface area contributed by atoms with Crippen molar-refractivity contribution < 1.29 is 19.1 Å². The molecule has 2 amide bonds. The quantitative estimate of drug-likeness (QED) is 0.509. The van der Waals surface area contributed by atoms with E-state index in [-0.39, 0.29) is 18.4 Å². The topological polar surface area (TPSA) is 80.2 Å². The number of nitrogens with zero attached hydrogens (tertiary/aromatic N) is 2. The van der Waals surface area contributed by atoms with Crippen LogP contribution in [-0.4, -0.2) is 55.8 Å². The Hall–Kier alpha value is -2.42. The summed E-state index contributed by atoms with van der Waals surface area (Å²) in [5.41, 5.74) is 3.67. The van der Waals surface area contributed by atoms with Gasteiger partial charge in [-0.3, -0.25) is 9.59 Å². The molecule has 0 unspecified atom stereocenters. The van der Waals surface area contributed by atoms with Gasteiger partial charge in [-0.25, -0.2) is 5.43 Å². The van der Waals surface area contributed by atoms with Crippen LogP contribution < -0.4 is 10.2 Å². The maximum Gasteiger partial charge on any atom is 0.271 e. The molecule has 7 nitrogen and oxygen atoms in total. The van der Waals surface area contributed by atoms with E-state index in [4.69, 9.17) is 21.1 Å². The average molecular weight is 481 g/mol. The van der Waals surface area contributed by atoms with Gasteiger partial charge >= 0.3 is 0 Å². The van der Waals surface area contributed by atoms with Gasteiger partial charge in [0.05, 0.1) is 23.9 Å². The number of rotatable bonds is 6. The summed E-state index contributed by atoms with van der Waals surface area (Å²) in [6.07, 6.45) is 1.52. The van der Waals surface area contributed by atoms with Crippen LogP contribution in [0.15, 0.2) is 52.0 Å². The van der Waals surface area contributed by atoms with Gasteiger partial charge in [-0.15, -0.1) is 0 Å². The number of hydrazone groups is 1. The zero-order chi connectivity index (χ0) is 20.6. The molecule has 1 heterocycles. The maximum atomic E-state index is 12.2. The number of carbonyl (C=O) groups excluding carboxylic acids is 2. The summed E-state index contributed by atoms with van der Waals surface area (Å²) in [7, 11) is 0. The van der Waals surface area contributed by atoms with Crippen molar-refractivity contribution in [3.63, 3.8) is 0 Å². The third-order valence-electron chi connectivity index (χ3n) is 4.16. The van der Waals surface area contributed by atoms with E-state index >= 15 is 0 Å². The predicted molar refractivity (Wildman–Crippen MR) is 114 cm³/mol. The summed E-state index contributed by atoms with van der Waals surface area (Å²) in [4.78, 5) is 25.9. The SMILES string of the molecule is O=C(NN=Cc1ccc(OCC(=O)N2CCOCC2)c(Br)c1)c1ccc(Cl)cc1. The van der Waals surface area contributed by atoms with Crippen molar-refractivity contribution in [2.45, 2.75) is 0 Å². The Morgan fingerprint density at radius 2 is 1.93 bits per heavy atom. The van der Waals surface area contributed by atoms with Gasteiger partial charge in [0.1, 0.15) is 5.75 Å². The van der Waals surface area contributed by atoms with Crippen molar-refractivity contribution in [2.75, 3.05) is 32.9 Å². The second-order valence-electron chi connectivity index (χ2n) is 6.18. The van der Waals surface area contributed by atoms with Gasteiger partial charge in [0.25, 0.3) is 11.8 Å². The van der Waals surface area contributed by atoms with Gasteiger partial charge < -0.3 is 14.4 Å². The van der Waals surface area contributed by atoms with Gasteiger partial charge in [-0.1, -0.05) is 11.6 Å². The highest BCUT2D eigenvalue weighted by Crippen LogP contribution is 2.25. The van der Waals surface area contributed by atoms with E-state index < -0.39 is 0 Å². The van der Waals surface area contributed by atoms with Gasteiger partial charge in [-0.2, -0.15) is 5.10 Å². The highest BCUT2D eigenvalue weighted by atomic mass is 79.9. The Bertz CT molecular complexity index is 899. The first-order chi connectivity index (χ1) is 14.0. The molecule has 3 rings (SSSR count). The third kappa shape index (κ3) is 6.28. The fourth-order valence-electron chi connectivity index (χ4n) is 2.59. The van der Waals surface area contributed by atoms with Crippen molar-refractivity contribution in [3.05, 3.63) is 63.1 Å². The first-order valence-corrected chi connectivity index (χ1v) is 10.1. The molecule has 1 aliphatic rings. The minimum absolute atomic E-state index is 0.0385. The molecular formula is C20H19BrClN3O4. The summed E-state index contributed by atoms with van der Waals surface area (Å²) in [6, 6.07) is 11.8. The van der Waals surface area contributed by atoms with Gasteiger partial charge in [0.15, 0.2) is 6.61 Å². The van der Waals surface area contributed by atoms with Crippen LogP contribution in [0.5, 0.6) is 5.75 Å². The number of hydrogen-bond acceptors (Lipinski definition) is 5. The number of carbonyl (C=O) groups is 2. The van der Waals surface area contributed by atoms with Crippen molar-refractivity contribution in [2.24, 2.45) is 5.10 Å². The predicted octanol–water partition coefficient (Wildman–Crippen LogP) is 3.10. The Balaban J connectivity index is 1.52. The standard InChI is InChI=1S/C20H19BrClN3O4/c21-17-11-14(12-23-24-20(27)15-2-4-16(22)5-3-15)1-6-18(17)29-13-19(26)25-7-9-28-10-8-25/h1-6,11-12H,7-10,13H2,(H,24,27). The summed E-state index contributed by atoms with van der Waals surface area (Å²) >= 11 is 9.23. The molecule has 0 aliphatic carbocycles. The second kappa shape index (κ2) is 10.4. The molecule has 2 aromatic carbocycles. The number of halogens is 2. The number of morpholine rings is 1. The lowest BCUT2D eigenvalue weighted by molar-refractivity contribution is -0.137. The molecular weight excluding hydrogens is 462 g/mol. The van der Waals surface area contributed by atoms with E-state index in [1.165, 1.54) is 6.21 Å². The Morgan fingerprint density at radius 1 is 1.21 bits per heavy atom. The first-order valence-electron chi connectivity index (χ1n) is 8.90. The summed E-state index contributed by atoms with van der Waals surface area (Å²) in [6.45, 7) is 2.24. The number of ether oxygens (including phenoxy) is 2. The molecule has 1 aliphatic heterocycles. The van der Waals surface area contributed by atoms with Gasteiger partial charge in [-0.05, 0) is 64.0 Å². The van der Waals surface area contributed by atoms with E-state index in [9.17, 15) is 9.59 Å². The lowest BCUT2D eigenvalue weighted by Crippen LogP contribution is -2.43. The molecule has 0 saturated carbocycles. The average Bonchev–Trinajstić information content (AvgIpc) is 2.74. The summed E-state index contributed by atoms with van der Waals surface area (Å²) < 4.78 is 11.5. The van der Waals surface area contributed by atoms with Gasteiger partial charge in [0, 0.05) is 23.7 Å². The van der Waals surface area contributed by atoms with E-state index in [1.807, 2.05) is 0 Å². The molecule has 0 aromatic heterocycles. The smallest absolute Gasteiger partial charge is 0.271 e. The van der Waals surface area contributed by atoms with Crippen LogP contribution in [0.3, 0.4) is 0 Å². The second-order valence-corrected chi connectivity index (χ2v) is 7.47. The van der Waals surface area contributed by atoms with E-state index in [2.05, 4.69) is 26.5 Å². The number of benzene rings is 2. The van der Waals surface area contributed by atoms with E-state index in [0.717, 1.165) is 5.56 Å². The Labute approximate surface area is 181 Å². The Morgan fingerprint density at radius 3 is 2.62 bits per heavy atom. The van der Waals surface area contributed by atoms with Crippen LogP contribution in [0.1, 0.15) is 15.9 Å². The molecule has 0 radical (unpaired) electrons. The molecule has 1 fully saturated rings. The lowest BCUT2D eigenvalue weighted by Gasteiger charge is -2.26. The molecule has 1 saturated heterocycles. The number of hydrogen-bond donors (Lipinski definition) is 1. The fourth-order valence-corrected chi connectivity index (χ4v) is 3.23. The van der Waals surface area contributed by atoms with Crippen molar-refractivity contribution >= 4 is 45.6 Å². The zero-order valence-corrected chi connectivity index (χ0v) is 17.8. The zero-order valence-electron chi connectivity index (χ0n) is 15.4. The minimum Gasteiger partial charge on any atom is -0.483 e. The van der Waals surface area contributed by atoms with Crippen LogP contribution in [0.2, 0.25) is 5.02 Å². The van der Waals surface area contributed by atoms with Crippen LogP contribution in [0, 0.1) is 0 Å². The first kappa shape index (κ1) is 21.3. The molecule has 0 bridgehead atoms. The number of amides is 2. The molecule has 152 valence electrons. The molecule has 0 atom stereocenters. The van der Waals surface area contributed by atoms with E-state index in [0.29, 0.717) is 47.1 Å². The molecule has 2 aromatic rings. The van der Waals surface area contributed by atoms with Gasteiger partial charge in [0.2, 0.25) is 0 Å². The highest BCUT2D eigenvalue weighted by molar-refractivity contribution is 9.10. The summed E-state index contributed by atoms with van der Waals surface area (Å²) in [5.74, 6) is 0.142. The van der Waals surface area contributed by atoms with Crippen molar-refractivity contribution in [1.82, 2.24) is 10.3 Å². The molecule has 1 N–H and O–H groups in total. The third-order valence-corrected chi connectivity index (χ3v) is 5.03. The van der Waals surface area contributed by atoms with Crippen LogP contribution in [-0.2, 0) is 9.53 Å². The molecule has 29 heavy (non-hydrogen) atoms. The van der Waals surface area contributed by atoms with Crippen LogP contribution in [0.4, 0.5) is 0 Å². The van der Waals surface area contributed by atoms with Crippen molar-refractivity contribution in [1.29, 1.82) is 0 Å². The Kier molecular flexibility index (Phi) is 7.62. The van der Waals surface area contributed by atoms with Crippen LogP contribution >= 0.6 is 27.5 Å².